The van der Waals surface area contributed by atoms with E-state index >= 15 is 0 Å². The third-order valence-electron chi connectivity index (χ3n) is 5.29. The summed E-state index contributed by atoms with van der Waals surface area (Å²) in [5.74, 6) is -1.55. The largest absolute Gasteiger partial charge is 0.501 e. The highest BCUT2D eigenvalue weighted by atomic mass is 19.1. The molecule has 2 heterocycles. The maximum absolute atomic E-state index is 13.1. The summed E-state index contributed by atoms with van der Waals surface area (Å²) in [5, 5.41) is 10.3. The van der Waals surface area contributed by atoms with Gasteiger partial charge < -0.3 is 24.6 Å². The number of hydrogen-bond donors (Lipinski definition) is 2. The van der Waals surface area contributed by atoms with Gasteiger partial charge in [0, 0.05) is 37.9 Å². The summed E-state index contributed by atoms with van der Waals surface area (Å²) in [6, 6.07) is 13.1. The lowest BCUT2D eigenvalue weighted by Crippen LogP contribution is -2.36. The Morgan fingerprint density at radius 3 is 2.59 bits per heavy atom. The number of halogens is 1. The summed E-state index contributed by atoms with van der Waals surface area (Å²) in [7, 11) is 1.52. The number of aromatic amines is 1. The minimum atomic E-state index is -0.801. The lowest BCUT2D eigenvalue weighted by Gasteiger charge is -2.30. The predicted octanol–water partition coefficient (Wildman–Crippen LogP) is 2.39. The number of aromatic hydroxyl groups is 1. The average Bonchev–Trinajstić information content (AvgIpc) is 2.82. The SMILES string of the molecule is CN(Cc1ccc(F)cc1)C(=O)c1nc(-c2ccccc2N2CCOCC2)[nH]c(=O)c1O. The first-order valence-electron chi connectivity index (χ1n) is 10.2. The molecule has 9 heteroatoms. The first kappa shape index (κ1) is 21.5. The number of hydrogen-bond acceptors (Lipinski definition) is 6. The van der Waals surface area contributed by atoms with Crippen LogP contribution < -0.4 is 10.5 Å². The molecule has 4 rings (SSSR count). The van der Waals surface area contributed by atoms with Gasteiger partial charge in [-0.15, -0.1) is 0 Å². The fourth-order valence-corrected chi connectivity index (χ4v) is 3.61. The zero-order valence-corrected chi connectivity index (χ0v) is 17.5. The molecule has 0 radical (unpaired) electrons. The first-order valence-corrected chi connectivity index (χ1v) is 10.2. The fraction of sp³-hybridized carbons (Fsp3) is 0.261. The van der Waals surface area contributed by atoms with Gasteiger partial charge in [0.15, 0.2) is 5.69 Å². The highest BCUT2D eigenvalue weighted by molar-refractivity contribution is 5.95. The number of benzene rings is 2. The van der Waals surface area contributed by atoms with Crippen molar-refractivity contribution in [2.45, 2.75) is 6.54 Å². The van der Waals surface area contributed by atoms with Gasteiger partial charge in [-0.1, -0.05) is 24.3 Å². The van der Waals surface area contributed by atoms with Crippen LogP contribution in [0.3, 0.4) is 0 Å². The Morgan fingerprint density at radius 2 is 1.88 bits per heavy atom. The molecular formula is C23H23FN4O4. The van der Waals surface area contributed by atoms with Crippen LogP contribution in [-0.2, 0) is 11.3 Å². The molecule has 1 fully saturated rings. The minimum absolute atomic E-state index is 0.159. The van der Waals surface area contributed by atoms with Gasteiger partial charge in [-0.05, 0) is 29.8 Å². The molecule has 2 N–H and O–H groups in total. The van der Waals surface area contributed by atoms with Gasteiger partial charge in [0.25, 0.3) is 11.5 Å². The molecule has 8 nitrogen and oxygen atoms in total. The van der Waals surface area contributed by atoms with Crippen molar-refractivity contribution in [2.75, 3.05) is 38.3 Å². The molecule has 1 aliphatic heterocycles. The van der Waals surface area contributed by atoms with Gasteiger partial charge in [0.2, 0.25) is 5.75 Å². The highest BCUT2D eigenvalue weighted by Gasteiger charge is 2.24. The van der Waals surface area contributed by atoms with Crippen LogP contribution in [0.5, 0.6) is 5.75 Å². The molecule has 1 aliphatic rings. The summed E-state index contributed by atoms with van der Waals surface area (Å²) < 4.78 is 18.6. The van der Waals surface area contributed by atoms with Crippen molar-refractivity contribution in [1.82, 2.24) is 14.9 Å². The summed E-state index contributed by atoms with van der Waals surface area (Å²) in [5.41, 5.74) is 1.05. The van der Waals surface area contributed by atoms with E-state index in [0.717, 1.165) is 5.69 Å². The smallest absolute Gasteiger partial charge is 0.294 e. The van der Waals surface area contributed by atoms with E-state index in [1.807, 2.05) is 18.2 Å². The van der Waals surface area contributed by atoms with Crippen LogP contribution in [0.1, 0.15) is 16.1 Å². The molecule has 0 saturated carbocycles. The molecule has 0 atom stereocenters. The second kappa shape index (κ2) is 9.19. The lowest BCUT2D eigenvalue weighted by molar-refractivity contribution is 0.0775. The van der Waals surface area contributed by atoms with Crippen LogP contribution in [0, 0.1) is 5.82 Å². The lowest BCUT2D eigenvalue weighted by atomic mass is 10.1. The van der Waals surface area contributed by atoms with Crippen LogP contribution in [0.15, 0.2) is 53.3 Å². The first-order chi connectivity index (χ1) is 15.4. The van der Waals surface area contributed by atoms with Gasteiger partial charge in [-0.2, -0.15) is 0 Å². The molecule has 0 aliphatic carbocycles. The van der Waals surface area contributed by atoms with Crippen molar-refractivity contribution in [3.05, 3.63) is 76.0 Å². The Labute approximate surface area is 183 Å². The quantitative estimate of drug-likeness (QED) is 0.635. The normalized spacial score (nSPS) is 13.8. The summed E-state index contributed by atoms with van der Waals surface area (Å²) in [4.78, 5) is 35.8. The van der Waals surface area contributed by atoms with E-state index in [4.69, 9.17) is 4.74 Å². The van der Waals surface area contributed by atoms with Gasteiger partial charge in [0.05, 0.1) is 13.2 Å². The zero-order chi connectivity index (χ0) is 22.7. The highest BCUT2D eigenvalue weighted by Crippen LogP contribution is 2.29. The van der Waals surface area contributed by atoms with Crippen molar-refractivity contribution in [1.29, 1.82) is 0 Å². The monoisotopic (exact) mass is 438 g/mol. The van der Waals surface area contributed by atoms with E-state index in [9.17, 15) is 19.1 Å². The molecule has 3 aromatic rings. The van der Waals surface area contributed by atoms with E-state index in [1.54, 1.807) is 18.2 Å². The van der Waals surface area contributed by atoms with E-state index in [-0.39, 0.29) is 23.9 Å². The standard InChI is InChI=1S/C23H23FN4O4/c1-27(14-15-6-8-16(24)9-7-15)23(31)19-20(29)22(30)26-21(25-19)17-4-2-3-5-18(17)28-10-12-32-13-11-28/h2-9,29H,10-14H2,1H3,(H,25,26,30). The second-order valence-electron chi connectivity index (χ2n) is 7.52. The molecule has 32 heavy (non-hydrogen) atoms. The Hall–Kier alpha value is -3.72. The number of para-hydroxylation sites is 1. The molecule has 0 unspecified atom stereocenters. The van der Waals surface area contributed by atoms with Gasteiger partial charge in [-0.3, -0.25) is 9.59 Å². The van der Waals surface area contributed by atoms with Crippen LogP contribution in [0.4, 0.5) is 10.1 Å². The fourth-order valence-electron chi connectivity index (χ4n) is 3.61. The van der Waals surface area contributed by atoms with E-state index < -0.39 is 17.2 Å². The van der Waals surface area contributed by atoms with Crippen molar-refractivity contribution >= 4 is 11.6 Å². The molecule has 0 spiro atoms. The third kappa shape index (κ3) is 4.47. The van der Waals surface area contributed by atoms with Crippen LogP contribution in [0.2, 0.25) is 0 Å². The number of ether oxygens (including phenoxy) is 1. The van der Waals surface area contributed by atoms with Crippen molar-refractivity contribution in [3.63, 3.8) is 0 Å². The number of anilines is 1. The van der Waals surface area contributed by atoms with Crippen LogP contribution in [-0.4, -0.2) is 59.2 Å². The number of aromatic nitrogens is 2. The molecule has 2 aromatic carbocycles. The maximum Gasteiger partial charge on any atom is 0.294 e. The maximum atomic E-state index is 13.1. The number of morpholine rings is 1. The molecule has 1 aromatic heterocycles. The second-order valence-corrected chi connectivity index (χ2v) is 7.52. The number of amides is 1. The van der Waals surface area contributed by atoms with E-state index in [0.29, 0.717) is 37.4 Å². The number of rotatable bonds is 5. The molecule has 1 amide bonds. The number of H-pyrrole nitrogens is 1. The Kier molecular flexibility index (Phi) is 6.18. The van der Waals surface area contributed by atoms with Gasteiger partial charge in [0.1, 0.15) is 11.6 Å². The summed E-state index contributed by atoms with van der Waals surface area (Å²) in [6.45, 7) is 2.71. The van der Waals surface area contributed by atoms with Gasteiger partial charge in [-0.25, -0.2) is 9.37 Å². The van der Waals surface area contributed by atoms with Crippen LogP contribution in [0.25, 0.3) is 11.4 Å². The van der Waals surface area contributed by atoms with Crippen molar-refractivity contribution in [3.8, 4) is 17.1 Å². The molecule has 1 saturated heterocycles. The van der Waals surface area contributed by atoms with E-state index in [1.165, 1.54) is 24.1 Å². The van der Waals surface area contributed by atoms with Crippen molar-refractivity contribution < 1.29 is 19.0 Å². The average molecular weight is 438 g/mol. The number of nitrogens with zero attached hydrogens (tertiary/aromatic N) is 3. The van der Waals surface area contributed by atoms with E-state index in [2.05, 4.69) is 14.9 Å². The number of carbonyl (C=O) groups excluding carboxylic acids is 1. The Morgan fingerprint density at radius 1 is 1.19 bits per heavy atom. The topological polar surface area (TPSA) is 98.8 Å². The minimum Gasteiger partial charge on any atom is -0.501 e. The molecule has 0 bridgehead atoms. The third-order valence-corrected chi connectivity index (χ3v) is 5.29. The Bertz CT molecular complexity index is 1170. The molecule has 166 valence electrons. The van der Waals surface area contributed by atoms with Crippen LogP contribution >= 0.6 is 0 Å². The van der Waals surface area contributed by atoms with Gasteiger partial charge >= 0.3 is 0 Å². The van der Waals surface area contributed by atoms with Crippen molar-refractivity contribution in [2.24, 2.45) is 0 Å². The molecular weight excluding hydrogens is 415 g/mol. The Balaban J connectivity index is 1.67. The summed E-state index contributed by atoms with van der Waals surface area (Å²) in [6.07, 6.45) is 0. The summed E-state index contributed by atoms with van der Waals surface area (Å²) >= 11 is 0. The number of nitrogens with one attached hydrogen (secondary N) is 1. The number of carbonyl (C=O) groups is 1. The zero-order valence-electron chi connectivity index (χ0n) is 17.5. The predicted molar refractivity (Wildman–Crippen MR) is 117 cm³/mol.